The zero-order valence-electron chi connectivity index (χ0n) is 8.09. The van der Waals surface area contributed by atoms with Crippen molar-refractivity contribution in [2.75, 3.05) is 18.4 Å². The summed E-state index contributed by atoms with van der Waals surface area (Å²) in [5, 5.41) is 6.21. The molecule has 0 unspecified atom stereocenters. The Morgan fingerprint density at radius 1 is 1.53 bits per heavy atom. The summed E-state index contributed by atoms with van der Waals surface area (Å²) in [6.07, 6.45) is 0. The average Bonchev–Trinajstić information content (AvgIpc) is 2.11. The zero-order chi connectivity index (χ0) is 10.9. The van der Waals surface area contributed by atoms with Crippen molar-refractivity contribution in [3.8, 4) is 0 Å². The van der Waals surface area contributed by atoms with Gasteiger partial charge in [-0.05, 0) is 18.2 Å². The first-order valence-electron chi connectivity index (χ1n) is 4.67. The van der Waals surface area contributed by atoms with E-state index in [9.17, 15) is 4.79 Å². The molecule has 1 aliphatic rings. The van der Waals surface area contributed by atoms with Crippen LogP contribution >= 0.6 is 15.9 Å². The lowest BCUT2D eigenvalue weighted by atomic mass is 9.91. The highest BCUT2D eigenvalue weighted by atomic mass is 79.9. The first-order valence-corrected chi connectivity index (χ1v) is 5.46. The van der Waals surface area contributed by atoms with Gasteiger partial charge < -0.3 is 16.4 Å². The Kier molecular flexibility index (Phi) is 2.67. The van der Waals surface area contributed by atoms with Gasteiger partial charge >= 0.3 is 0 Å². The second-order valence-electron chi connectivity index (χ2n) is 3.69. The van der Waals surface area contributed by atoms with Crippen LogP contribution < -0.4 is 16.4 Å². The summed E-state index contributed by atoms with van der Waals surface area (Å²) >= 11 is 3.37. The predicted octanol–water partition coefficient (Wildman–Crippen LogP) is 0.688. The number of benzene rings is 1. The molecule has 0 spiro atoms. The molecule has 4 N–H and O–H groups in total. The molecule has 1 fully saturated rings. The Balaban J connectivity index is 2.17. The molecule has 1 saturated heterocycles. The highest BCUT2D eigenvalue weighted by Crippen LogP contribution is 2.22. The Labute approximate surface area is 96.4 Å². The van der Waals surface area contributed by atoms with Crippen LogP contribution in [0, 0.1) is 0 Å². The summed E-state index contributed by atoms with van der Waals surface area (Å²) in [7, 11) is 0. The highest BCUT2D eigenvalue weighted by molar-refractivity contribution is 9.10. The Bertz CT molecular complexity index is 390. The van der Waals surface area contributed by atoms with Crippen molar-refractivity contribution in [1.29, 1.82) is 0 Å². The fourth-order valence-electron chi connectivity index (χ4n) is 1.54. The molecule has 1 heterocycles. The third kappa shape index (κ3) is 1.98. The van der Waals surface area contributed by atoms with Crippen molar-refractivity contribution in [1.82, 2.24) is 5.32 Å². The van der Waals surface area contributed by atoms with Gasteiger partial charge in [0.05, 0.1) is 0 Å². The number of carbonyl (C=O) groups is 1. The van der Waals surface area contributed by atoms with E-state index < -0.39 is 5.54 Å². The Morgan fingerprint density at radius 2 is 2.27 bits per heavy atom. The van der Waals surface area contributed by atoms with Crippen molar-refractivity contribution in [3.63, 3.8) is 0 Å². The number of halogens is 1. The maximum absolute atomic E-state index is 11.3. The third-order valence-corrected chi connectivity index (χ3v) is 3.03. The largest absolute Gasteiger partial charge is 0.369 e. The van der Waals surface area contributed by atoms with Crippen LogP contribution in [0.4, 0.5) is 5.69 Å². The van der Waals surface area contributed by atoms with Crippen LogP contribution in [0.15, 0.2) is 28.7 Å². The van der Waals surface area contributed by atoms with Crippen molar-refractivity contribution in [2.45, 2.75) is 5.54 Å². The maximum atomic E-state index is 11.3. The number of amides is 1. The molecule has 1 amide bonds. The van der Waals surface area contributed by atoms with E-state index in [1.54, 1.807) is 0 Å². The summed E-state index contributed by atoms with van der Waals surface area (Å²) < 4.78 is 0.972. The van der Waals surface area contributed by atoms with Crippen LogP contribution in [-0.4, -0.2) is 24.5 Å². The van der Waals surface area contributed by atoms with Gasteiger partial charge in [0.1, 0.15) is 5.54 Å². The number of hydrogen-bond acceptors (Lipinski definition) is 3. The molecule has 80 valence electrons. The lowest BCUT2D eigenvalue weighted by molar-refractivity contribution is -0.123. The highest BCUT2D eigenvalue weighted by Gasteiger charge is 2.42. The standard InChI is InChI=1S/C10H12BrN3O/c11-7-2-1-3-8(4-7)14-10(9(12)15)5-13-6-10/h1-4,13-14H,5-6H2,(H2,12,15). The number of anilines is 1. The maximum Gasteiger partial charge on any atom is 0.245 e. The van der Waals surface area contributed by atoms with Crippen molar-refractivity contribution in [2.24, 2.45) is 5.73 Å². The number of hydrogen-bond donors (Lipinski definition) is 3. The lowest BCUT2D eigenvalue weighted by Crippen LogP contribution is -2.70. The molecule has 1 aliphatic heterocycles. The number of rotatable bonds is 3. The zero-order valence-corrected chi connectivity index (χ0v) is 9.67. The van der Waals surface area contributed by atoms with Crippen molar-refractivity contribution in [3.05, 3.63) is 28.7 Å². The van der Waals surface area contributed by atoms with Crippen LogP contribution in [0.2, 0.25) is 0 Å². The van der Waals surface area contributed by atoms with Crippen LogP contribution in [0.1, 0.15) is 0 Å². The molecule has 2 rings (SSSR count). The van der Waals surface area contributed by atoms with Gasteiger partial charge in [-0.15, -0.1) is 0 Å². The molecule has 1 aromatic rings. The molecule has 15 heavy (non-hydrogen) atoms. The van der Waals surface area contributed by atoms with E-state index >= 15 is 0 Å². The minimum Gasteiger partial charge on any atom is -0.369 e. The molecule has 1 aromatic carbocycles. The van der Waals surface area contributed by atoms with E-state index in [2.05, 4.69) is 26.6 Å². The third-order valence-electron chi connectivity index (χ3n) is 2.53. The Morgan fingerprint density at radius 3 is 2.73 bits per heavy atom. The molecule has 0 radical (unpaired) electrons. The van der Waals surface area contributed by atoms with Crippen LogP contribution in [0.25, 0.3) is 0 Å². The van der Waals surface area contributed by atoms with Gasteiger partial charge in [0.25, 0.3) is 0 Å². The van der Waals surface area contributed by atoms with E-state index in [1.165, 1.54) is 0 Å². The molecular weight excluding hydrogens is 258 g/mol. The molecule has 0 aliphatic carbocycles. The SMILES string of the molecule is NC(=O)C1(Nc2cccc(Br)c2)CNC1. The summed E-state index contributed by atoms with van der Waals surface area (Å²) in [5.74, 6) is -0.318. The first kappa shape index (κ1) is 10.4. The van der Waals surface area contributed by atoms with E-state index in [-0.39, 0.29) is 5.91 Å². The van der Waals surface area contributed by atoms with Gasteiger partial charge in [-0.2, -0.15) is 0 Å². The van der Waals surface area contributed by atoms with Gasteiger partial charge in [-0.1, -0.05) is 22.0 Å². The quantitative estimate of drug-likeness (QED) is 0.757. The summed E-state index contributed by atoms with van der Waals surface area (Å²) in [6.45, 7) is 1.16. The van der Waals surface area contributed by atoms with Gasteiger partial charge in [0.2, 0.25) is 5.91 Å². The number of carbonyl (C=O) groups excluding carboxylic acids is 1. The average molecular weight is 270 g/mol. The van der Waals surface area contributed by atoms with Crippen LogP contribution in [0.5, 0.6) is 0 Å². The molecule has 4 nitrogen and oxygen atoms in total. The fourth-order valence-corrected chi connectivity index (χ4v) is 1.94. The number of nitrogens with two attached hydrogens (primary N) is 1. The number of primary amides is 1. The van der Waals surface area contributed by atoms with Crippen LogP contribution in [0.3, 0.4) is 0 Å². The van der Waals surface area contributed by atoms with Gasteiger partial charge in [0, 0.05) is 23.2 Å². The Hall–Kier alpha value is -1.07. The second kappa shape index (κ2) is 3.83. The van der Waals surface area contributed by atoms with Crippen molar-refractivity contribution < 1.29 is 4.79 Å². The second-order valence-corrected chi connectivity index (χ2v) is 4.60. The summed E-state index contributed by atoms with van der Waals surface area (Å²) in [5.41, 5.74) is 5.63. The summed E-state index contributed by atoms with van der Waals surface area (Å²) in [6, 6.07) is 7.67. The van der Waals surface area contributed by atoms with Crippen molar-refractivity contribution >= 4 is 27.5 Å². The lowest BCUT2D eigenvalue weighted by Gasteiger charge is -2.41. The molecule has 0 aromatic heterocycles. The number of nitrogens with one attached hydrogen (secondary N) is 2. The van der Waals surface area contributed by atoms with E-state index in [0.29, 0.717) is 13.1 Å². The molecule has 5 heteroatoms. The van der Waals surface area contributed by atoms with E-state index in [0.717, 1.165) is 10.2 Å². The van der Waals surface area contributed by atoms with Gasteiger partial charge in [-0.3, -0.25) is 4.79 Å². The van der Waals surface area contributed by atoms with E-state index in [1.807, 2.05) is 24.3 Å². The van der Waals surface area contributed by atoms with Crippen LogP contribution in [-0.2, 0) is 4.79 Å². The summed E-state index contributed by atoms with van der Waals surface area (Å²) in [4.78, 5) is 11.3. The molecular formula is C10H12BrN3O. The first-order chi connectivity index (χ1) is 7.12. The minimum absolute atomic E-state index is 0.318. The predicted molar refractivity (Wildman–Crippen MR) is 62.6 cm³/mol. The van der Waals surface area contributed by atoms with E-state index in [4.69, 9.17) is 5.73 Å². The normalized spacial score (nSPS) is 17.9. The van der Waals surface area contributed by atoms with Gasteiger partial charge in [-0.25, -0.2) is 0 Å². The molecule has 0 bridgehead atoms. The smallest absolute Gasteiger partial charge is 0.245 e. The molecule has 0 saturated carbocycles. The minimum atomic E-state index is -0.624. The van der Waals surface area contributed by atoms with Gasteiger partial charge in [0.15, 0.2) is 0 Å². The fraction of sp³-hybridized carbons (Fsp3) is 0.300. The topological polar surface area (TPSA) is 67.2 Å². The molecule has 0 atom stereocenters. The monoisotopic (exact) mass is 269 g/mol.